The average Bonchev–Trinajstić information content (AvgIpc) is 3.18. The maximum Gasteiger partial charge on any atom is 0.243 e. The highest BCUT2D eigenvalue weighted by molar-refractivity contribution is 7.14. The van der Waals surface area contributed by atoms with Gasteiger partial charge in [-0.15, -0.1) is 11.3 Å². The van der Waals surface area contributed by atoms with Gasteiger partial charge < -0.3 is 15.4 Å². The molecule has 1 atom stereocenters. The Bertz CT molecular complexity index is 661. The fourth-order valence-corrected chi connectivity index (χ4v) is 3.26. The first-order valence-electron chi connectivity index (χ1n) is 7.88. The molecule has 1 aromatic heterocycles. The molecule has 2 aromatic rings. The van der Waals surface area contributed by atoms with E-state index < -0.39 is 0 Å². The molecule has 6 heteroatoms. The number of nitrogens with zero attached hydrogens (tertiary/aromatic N) is 1. The van der Waals surface area contributed by atoms with E-state index in [1.165, 1.54) is 11.3 Å². The van der Waals surface area contributed by atoms with Crippen LogP contribution in [0.1, 0.15) is 26.7 Å². The van der Waals surface area contributed by atoms with Crippen molar-refractivity contribution in [2.24, 2.45) is 0 Å². The fourth-order valence-electron chi connectivity index (χ4n) is 2.54. The molecule has 1 aliphatic heterocycles. The van der Waals surface area contributed by atoms with Crippen molar-refractivity contribution in [1.29, 1.82) is 0 Å². The molecule has 1 fully saturated rings. The summed E-state index contributed by atoms with van der Waals surface area (Å²) >= 11 is 1.44. The molecular weight excluding hydrogens is 310 g/mol. The number of benzene rings is 1. The maximum atomic E-state index is 12.1. The SMILES string of the molecule is CC(C)Oc1ccc(-c2csc(NC(=O)C3CCCN3)n2)cc1. The summed E-state index contributed by atoms with van der Waals surface area (Å²) in [5.74, 6) is 0.851. The molecule has 1 aromatic carbocycles. The zero-order chi connectivity index (χ0) is 16.2. The lowest BCUT2D eigenvalue weighted by atomic mass is 10.2. The molecule has 23 heavy (non-hydrogen) atoms. The number of amides is 1. The van der Waals surface area contributed by atoms with Crippen LogP contribution < -0.4 is 15.4 Å². The van der Waals surface area contributed by atoms with Gasteiger partial charge in [-0.05, 0) is 57.5 Å². The first-order chi connectivity index (χ1) is 11.1. The van der Waals surface area contributed by atoms with Gasteiger partial charge in [0.05, 0.1) is 17.8 Å². The Morgan fingerprint density at radius 1 is 1.39 bits per heavy atom. The van der Waals surface area contributed by atoms with Crippen molar-refractivity contribution >= 4 is 22.4 Å². The van der Waals surface area contributed by atoms with Gasteiger partial charge >= 0.3 is 0 Å². The molecule has 1 unspecified atom stereocenters. The van der Waals surface area contributed by atoms with Crippen LogP contribution in [0, 0.1) is 0 Å². The summed E-state index contributed by atoms with van der Waals surface area (Å²) in [5.41, 5.74) is 1.87. The van der Waals surface area contributed by atoms with Crippen LogP contribution in [-0.2, 0) is 4.79 Å². The summed E-state index contributed by atoms with van der Waals surface area (Å²) in [6, 6.07) is 7.76. The number of carbonyl (C=O) groups excluding carboxylic acids is 1. The molecule has 1 aliphatic rings. The van der Waals surface area contributed by atoms with Gasteiger partial charge in [0.2, 0.25) is 5.91 Å². The molecule has 5 nitrogen and oxygen atoms in total. The first kappa shape index (κ1) is 16.0. The first-order valence-corrected chi connectivity index (χ1v) is 8.76. The lowest BCUT2D eigenvalue weighted by molar-refractivity contribution is -0.117. The summed E-state index contributed by atoms with van der Waals surface area (Å²) in [7, 11) is 0. The van der Waals surface area contributed by atoms with E-state index in [9.17, 15) is 4.79 Å². The van der Waals surface area contributed by atoms with E-state index in [1.807, 2.05) is 43.5 Å². The minimum absolute atomic E-state index is 0.00378. The lowest BCUT2D eigenvalue weighted by Crippen LogP contribution is -2.35. The highest BCUT2D eigenvalue weighted by Crippen LogP contribution is 2.27. The molecule has 0 aliphatic carbocycles. The third-order valence-electron chi connectivity index (χ3n) is 3.63. The largest absolute Gasteiger partial charge is 0.491 e. The topological polar surface area (TPSA) is 63.2 Å². The van der Waals surface area contributed by atoms with Gasteiger partial charge in [-0.1, -0.05) is 0 Å². The lowest BCUT2D eigenvalue weighted by Gasteiger charge is -2.09. The second-order valence-corrected chi connectivity index (χ2v) is 6.73. The zero-order valence-electron chi connectivity index (χ0n) is 13.3. The number of thiazole rings is 1. The van der Waals surface area contributed by atoms with Crippen molar-refractivity contribution in [1.82, 2.24) is 10.3 Å². The fraction of sp³-hybridized carbons (Fsp3) is 0.412. The molecule has 1 saturated heterocycles. The molecule has 2 N–H and O–H groups in total. The highest BCUT2D eigenvalue weighted by Gasteiger charge is 2.22. The van der Waals surface area contributed by atoms with Crippen LogP contribution in [-0.4, -0.2) is 29.6 Å². The molecule has 0 radical (unpaired) electrons. The molecular formula is C17H21N3O2S. The monoisotopic (exact) mass is 331 g/mol. The number of ether oxygens (including phenoxy) is 1. The Morgan fingerprint density at radius 2 is 2.17 bits per heavy atom. The van der Waals surface area contributed by atoms with Crippen molar-refractivity contribution in [3.05, 3.63) is 29.6 Å². The Kier molecular flexibility index (Phi) is 4.93. The van der Waals surface area contributed by atoms with Gasteiger partial charge in [0.25, 0.3) is 0 Å². The number of hydrogen-bond donors (Lipinski definition) is 2. The number of nitrogens with one attached hydrogen (secondary N) is 2. The van der Waals surface area contributed by atoms with Crippen LogP contribution in [0.3, 0.4) is 0 Å². The molecule has 122 valence electrons. The van der Waals surface area contributed by atoms with Crippen molar-refractivity contribution in [3.8, 4) is 17.0 Å². The predicted octanol–water partition coefficient (Wildman–Crippen LogP) is 3.29. The minimum atomic E-state index is -0.0881. The number of anilines is 1. The van der Waals surface area contributed by atoms with Crippen LogP contribution in [0.4, 0.5) is 5.13 Å². The van der Waals surface area contributed by atoms with Crippen LogP contribution >= 0.6 is 11.3 Å². The van der Waals surface area contributed by atoms with Crippen LogP contribution in [0.2, 0.25) is 0 Å². The van der Waals surface area contributed by atoms with Gasteiger partial charge in [-0.2, -0.15) is 0 Å². The van der Waals surface area contributed by atoms with Gasteiger partial charge in [0, 0.05) is 10.9 Å². The normalized spacial score (nSPS) is 17.4. The molecule has 3 rings (SSSR count). The van der Waals surface area contributed by atoms with E-state index >= 15 is 0 Å². The number of rotatable bonds is 5. The quantitative estimate of drug-likeness (QED) is 0.882. The molecule has 0 saturated carbocycles. The van der Waals surface area contributed by atoms with E-state index in [1.54, 1.807) is 0 Å². The van der Waals surface area contributed by atoms with Gasteiger partial charge in [0.1, 0.15) is 5.75 Å². The number of aromatic nitrogens is 1. The summed E-state index contributed by atoms with van der Waals surface area (Å²) in [6.45, 7) is 4.91. The molecule has 0 spiro atoms. The standard InChI is InChI=1S/C17H21N3O2S/c1-11(2)22-13-7-5-12(6-8-13)15-10-23-17(19-15)20-16(21)14-4-3-9-18-14/h5-8,10-11,14,18H,3-4,9H2,1-2H3,(H,19,20,21). The molecule has 0 bridgehead atoms. The Morgan fingerprint density at radius 3 is 2.83 bits per heavy atom. The smallest absolute Gasteiger partial charge is 0.243 e. The van der Waals surface area contributed by atoms with E-state index in [2.05, 4.69) is 15.6 Å². The highest BCUT2D eigenvalue weighted by atomic mass is 32.1. The third kappa shape index (κ3) is 4.09. The van der Waals surface area contributed by atoms with Crippen molar-refractivity contribution in [3.63, 3.8) is 0 Å². The van der Waals surface area contributed by atoms with Gasteiger partial charge in [0.15, 0.2) is 5.13 Å². The summed E-state index contributed by atoms with van der Waals surface area (Å²) in [6.07, 6.45) is 2.10. The van der Waals surface area contributed by atoms with E-state index in [0.717, 1.165) is 36.4 Å². The second-order valence-electron chi connectivity index (χ2n) is 5.87. The summed E-state index contributed by atoms with van der Waals surface area (Å²) in [5, 5.41) is 8.67. The van der Waals surface area contributed by atoms with Crippen LogP contribution in [0.5, 0.6) is 5.75 Å². The second kappa shape index (κ2) is 7.10. The van der Waals surface area contributed by atoms with E-state index in [0.29, 0.717) is 5.13 Å². The Hall–Kier alpha value is -1.92. The minimum Gasteiger partial charge on any atom is -0.491 e. The Labute approximate surface area is 140 Å². The van der Waals surface area contributed by atoms with Crippen LogP contribution in [0.15, 0.2) is 29.6 Å². The third-order valence-corrected chi connectivity index (χ3v) is 4.39. The van der Waals surface area contributed by atoms with Crippen molar-refractivity contribution in [2.45, 2.75) is 38.8 Å². The zero-order valence-corrected chi connectivity index (χ0v) is 14.2. The maximum absolute atomic E-state index is 12.1. The summed E-state index contributed by atoms with van der Waals surface area (Å²) < 4.78 is 5.64. The molecule has 2 heterocycles. The predicted molar refractivity (Wildman–Crippen MR) is 93.0 cm³/mol. The number of hydrogen-bond acceptors (Lipinski definition) is 5. The van der Waals surface area contributed by atoms with Gasteiger partial charge in [-0.3, -0.25) is 4.79 Å². The van der Waals surface area contributed by atoms with E-state index in [-0.39, 0.29) is 18.1 Å². The van der Waals surface area contributed by atoms with E-state index in [4.69, 9.17) is 4.74 Å². The number of carbonyl (C=O) groups is 1. The Balaban J connectivity index is 1.65. The summed E-state index contributed by atoms with van der Waals surface area (Å²) in [4.78, 5) is 16.6. The average molecular weight is 331 g/mol. The molecule has 1 amide bonds. The van der Waals surface area contributed by atoms with Crippen LogP contribution in [0.25, 0.3) is 11.3 Å². The van der Waals surface area contributed by atoms with Crippen molar-refractivity contribution < 1.29 is 9.53 Å². The van der Waals surface area contributed by atoms with Gasteiger partial charge in [-0.25, -0.2) is 4.98 Å². The van der Waals surface area contributed by atoms with Crippen molar-refractivity contribution in [2.75, 3.05) is 11.9 Å².